The average molecular weight is 310 g/mol. The summed E-state index contributed by atoms with van der Waals surface area (Å²) in [6.07, 6.45) is -2.55. The van der Waals surface area contributed by atoms with Crippen LogP contribution in [-0.2, 0) is 0 Å². The van der Waals surface area contributed by atoms with Crippen LogP contribution in [0.15, 0.2) is 59.4 Å². The lowest BCUT2D eigenvalue weighted by Gasteiger charge is -2.03. The quantitative estimate of drug-likeness (QED) is 0.558. The van der Waals surface area contributed by atoms with E-state index in [1.54, 1.807) is 6.07 Å². The van der Waals surface area contributed by atoms with Gasteiger partial charge in [-0.05, 0) is 17.7 Å². The van der Waals surface area contributed by atoms with Gasteiger partial charge in [0.05, 0.1) is 11.0 Å². The van der Waals surface area contributed by atoms with Crippen LogP contribution in [0.2, 0.25) is 0 Å². The fraction of sp³-hybridized carbons (Fsp3) is 0.0556. The largest absolute Gasteiger partial charge is 0.353 e. The molecule has 114 valence electrons. The van der Waals surface area contributed by atoms with Crippen LogP contribution in [0.1, 0.15) is 12.0 Å². The molecule has 0 aliphatic heterocycles. The summed E-state index contributed by atoms with van der Waals surface area (Å²) in [5, 5.41) is 0.590. The molecule has 0 atom stereocenters. The van der Waals surface area contributed by atoms with Crippen molar-refractivity contribution < 1.29 is 8.78 Å². The lowest BCUT2D eigenvalue weighted by atomic mass is 10.0. The molecule has 0 saturated carbocycles. The molecule has 2 N–H and O–H groups in total. The fourth-order valence-corrected chi connectivity index (χ4v) is 2.89. The zero-order valence-electron chi connectivity index (χ0n) is 11.9. The van der Waals surface area contributed by atoms with Crippen molar-refractivity contribution in [3.05, 3.63) is 70.5 Å². The number of fused-ring (bicyclic) bond motifs is 3. The third-order valence-corrected chi connectivity index (χ3v) is 3.95. The van der Waals surface area contributed by atoms with E-state index >= 15 is 0 Å². The summed E-state index contributed by atoms with van der Waals surface area (Å²) in [6.45, 7) is 0. The second-order valence-electron chi connectivity index (χ2n) is 5.39. The van der Waals surface area contributed by atoms with Crippen molar-refractivity contribution in [3.8, 4) is 11.1 Å². The maximum absolute atomic E-state index is 12.9. The van der Waals surface area contributed by atoms with Gasteiger partial charge in [-0.15, -0.1) is 0 Å². The number of halogens is 2. The fourth-order valence-electron chi connectivity index (χ4n) is 2.89. The van der Waals surface area contributed by atoms with Crippen LogP contribution < -0.4 is 5.56 Å². The second kappa shape index (κ2) is 5.05. The lowest BCUT2D eigenvalue weighted by molar-refractivity contribution is 0.151. The summed E-state index contributed by atoms with van der Waals surface area (Å²) in [5.74, 6) is 0. The highest BCUT2D eigenvalue weighted by Crippen LogP contribution is 2.32. The van der Waals surface area contributed by atoms with Gasteiger partial charge in [0.25, 0.3) is 6.43 Å². The monoisotopic (exact) mass is 310 g/mol. The minimum atomic E-state index is -2.55. The van der Waals surface area contributed by atoms with Crippen molar-refractivity contribution in [2.75, 3.05) is 0 Å². The molecule has 2 aromatic carbocycles. The molecule has 0 aliphatic carbocycles. The van der Waals surface area contributed by atoms with Crippen LogP contribution >= 0.6 is 0 Å². The molecule has 23 heavy (non-hydrogen) atoms. The van der Waals surface area contributed by atoms with E-state index in [2.05, 4.69) is 9.97 Å². The van der Waals surface area contributed by atoms with E-state index in [0.29, 0.717) is 16.4 Å². The highest BCUT2D eigenvalue weighted by atomic mass is 19.3. The molecule has 5 heteroatoms. The molecule has 0 fully saturated rings. The molecule has 0 radical (unpaired) electrons. The molecule has 0 amide bonds. The second-order valence-corrected chi connectivity index (χ2v) is 5.39. The van der Waals surface area contributed by atoms with Crippen molar-refractivity contribution in [2.24, 2.45) is 0 Å². The molecule has 4 rings (SSSR count). The summed E-state index contributed by atoms with van der Waals surface area (Å²) in [4.78, 5) is 18.0. The van der Waals surface area contributed by atoms with Gasteiger partial charge in [0.2, 0.25) is 5.56 Å². The van der Waals surface area contributed by atoms with Crippen LogP contribution in [0.5, 0.6) is 0 Å². The maximum Gasteiger partial charge on any atom is 0.263 e. The van der Waals surface area contributed by atoms with E-state index < -0.39 is 6.43 Å². The number of hydrogen-bond acceptors (Lipinski definition) is 1. The van der Waals surface area contributed by atoms with Crippen molar-refractivity contribution >= 4 is 21.9 Å². The number of aromatic amines is 2. The molecule has 0 aliphatic rings. The van der Waals surface area contributed by atoms with Crippen molar-refractivity contribution in [1.82, 2.24) is 9.97 Å². The Morgan fingerprint density at radius 3 is 2.39 bits per heavy atom. The van der Waals surface area contributed by atoms with Gasteiger partial charge in [-0.3, -0.25) is 4.79 Å². The number of alkyl halides is 2. The topological polar surface area (TPSA) is 48.6 Å². The summed E-state index contributed by atoms with van der Waals surface area (Å²) in [6, 6.07) is 15.4. The first-order valence-electron chi connectivity index (χ1n) is 7.16. The maximum atomic E-state index is 12.9. The molecular formula is C18H12F2N2O. The Bertz CT molecular complexity index is 1060. The van der Waals surface area contributed by atoms with Gasteiger partial charge in [0.1, 0.15) is 0 Å². The number of hydrogen-bond donors (Lipinski definition) is 2. The molecule has 2 aromatic heterocycles. The predicted octanol–water partition coefficient (Wildman–Crippen LogP) is 4.61. The van der Waals surface area contributed by atoms with E-state index in [-0.39, 0.29) is 11.1 Å². The van der Waals surface area contributed by atoms with Gasteiger partial charge in [-0.1, -0.05) is 36.4 Å². The Labute approximate surface area is 129 Å². The Kier molecular flexibility index (Phi) is 3.01. The Morgan fingerprint density at radius 2 is 1.65 bits per heavy atom. The minimum absolute atomic E-state index is 0.0654. The standard InChI is InChI=1S/C18H12F2N2O/c19-18(20)11-6-7-14-13(8-11)17-16(21-14)12(9-15(23)22-17)10-4-2-1-3-5-10/h1-9,18,21H,(H,22,23). The smallest absolute Gasteiger partial charge is 0.263 e. The van der Waals surface area contributed by atoms with Gasteiger partial charge in [0, 0.05) is 28.1 Å². The molecule has 0 unspecified atom stereocenters. The van der Waals surface area contributed by atoms with Gasteiger partial charge in [-0.25, -0.2) is 8.78 Å². The minimum Gasteiger partial charge on any atom is -0.353 e. The Hall–Kier alpha value is -2.95. The summed E-state index contributed by atoms with van der Waals surface area (Å²) in [7, 11) is 0. The molecule has 0 spiro atoms. The average Bonchev–Trinajstić information content (AvgIpc) is 2.92. The van der Waals surface area contributed by atoms with Gasteiger partial charge in [-0.2, -0.15) is 0 Å². The number of H-pyrrole nitrogens is 2. The van der Waals surface area contributed by atoms with Crippen molar-refractivity contribution in [1.29, 1.82) is 0 Å². The van der Waals surface area contributed by atoms with E-state index in [0.717, 1.165) is 16.6 Å². The SMILES string of the molecule is O=c1cc(-c2ccccc2)c2[nH]c3ccc(C(F)F)cc3c2[nH]1. The highest BCUT2D eigenvalue weighted by Gasteiger charge is 2.14. The third-order valence-electron chi connectivity index (χ3n) is 3.95. The molecule has 0 saturated heterocycles. The van der Waals surface area contributed by atoms with Gasteiger partial charge >= 0.3 is 0 Å². The molecule has 0 bridgehead atoms. The first-order chi connectivity index (χ1) is 11.1. The van der Waals surface area contributed by atoms with E-state index in [1.807, 2.05) is 30.3 Å². The number of pyridine rings is 1. The van der Waals surface area contributed by atoms with Crippen molar-refractivity contribution in [2.45, 2.75) is 6.43 Å². The Morgan fingerprint density at radius 1 is 0.870 bits per heavy atom. The van der Waals surface area contributed by atoms with Crippen LogP contribution in [0.4, 0.5) is 8.78 Å². The normalized spacial score (nSPS) is 11.6. The van der Waals surface area contributed by atoms with Crippen LogP contribution in [0, 0.1) is 0 Å². The molecular weight excluding hydrogens is 298 g/mol. The zero-order valence-corrected chi connectivity index (χ0v) is 11.9. The number of rotatable bonds is 2. The van der Waals surface area contributed by atoms with Gasteiger partial charge in [0.15, 0.2) is 0 Å². The molecule has 2 heterocycles. The molecule has 4 aromatic rings. The zero-order chi connectivity index (χ0) is 16.0. The molecule has 3 nitrogen and oxygen atoms in total. The summed E-state index contributed by atoms with van der Waals surface area (Å²) >= 11 is 0. The summed E-state index contributed by atoms with van der Waals surface area (Å²) < 4.78 is 25.9. The van der Waals surface area contributed by atoms with Crippen LogP contribution in [0.3, 0.4) is 0 Å². The van der Waals surface area contributed by atoms with E-state index in [4.69, 9.17) is 0 Å². The van der Waals surface area contributed by atoms with Crippen molar-refractivity contribution in [3.63, 3.8) is 0 Å². The van der Waals surface area contributed by atoms with E-state index in [9.17, 15) is 13.6 Å². The van der Waals surface area contributed by atoms with Gasteiger partial charge < -0.3 is 9.97 Å². The van der Waals surface area contributed by atoms with Crippen LogP contribution in [-0.4, -0.2) is 9.97 Å². The first kappa shape index (κ1) is 13.7. The first-order valence-corrected chi connectivity index (χ1v) is 7.16. The number of benzene rings is 2. The lowest BCUT2D eigenvalue weighted by Crippen LogP contribution is -2.04. The van der Waals surface area contributed by atoms with E-state index in [1.165, 1.54) is 18.2 Å². The highest BCUT2D eigenvalue weighted by molar-refractivity contribution is 6.09. The summed E-state index contributed by atoms with van der Waals surface area (Å²) in [5.41, 5.74) is 3.31. The predicted molar refractivity (Wildman–Crippen MR) is 86.8 cm³/mol. The Balaban J connectivity index is 2.10. The number of aromatic nitrogens is 2. The third kappa shape index (κ3) is 2.21. The number of nitrogens with one attached hydrogen (secondary N) is 2. The van der Waals surface area contributed by atoms with Crippen LogP contribution in [0.25, 0.3) is 33.1 Å².